The summed E-state index contributed by atoms with van der Waals surface area (Å²) in [4.78, 5) is 0. The topological polar surface area (TPSA) is 38.9 Å². The molecule has 1 aromatic rings. The molecule has 2 nitrogen and oxygen atoms in total. The van der Waals surface area contributed by atoms with Crippen LogP contribution >= 0.6 is 11.5 Å². The molecule has 0 amide bonds. The maximum Gasteiger partial charge on any atom is 0.0771 e. The van der Waals surface area contributed by atoms with Gasteiger partial charge in [-0.05, 0) is 24.4 Å². The van der Waals surface area contributed by atoms with Gasteiger partial charge in [-0.2, -0.15) is 4.37 Å². The molecule has 0 fully saturated rings. The first-order valence-corrected chi connectivity index (χ1v) is 4.87. The molecular weight excluding hydrogens is 156 g/mol. The molecule has 11 heavy (non-hydrogen) atoms. The lowest BCUT2D eigenvalue weighted by atomic mass is 10.1. The molecule has 0 saturated carbocycles. The molecule has 0 bridgehead atoms. The second-order valence-corrected chi connectivity index (χ2v) is 3.30. The molecule has 1 heterocycles. The Kier molecular flexibility index (Phi) is 3.36. The van der Waals surface area contributed by atoms with Gasteiger partial charge in [0.05, 0.1) is 11.4 Å². The van der Waals surface area contributed by atoms with Crippen molar-refractivity contribution in [1.29, 1.82) is 0 Å². The smallest absolute Gasteiger partial charge is 0.0771 e. The quantitative estimate of drug-likeness (QED) is 0.705. The van der Waals surface area contributed by atoms with Gasteiger partial charge in [-0.15, -0.1) is 0 Å². The van der Waals surface area contributed by atoms with Gasteiger partial charge in [0.2, 0.25) is 0 Å². The Labute approximate surface area is 71.6 Å². The van der Waals surface area contributed by atoms with E-state index in [-0.39, 0.29) is 0 Å². The molecule has 62 valence electrons. The lowest BCUT2D eigenvalue weighted by Gasteiger charge is -1.95. The summed E-state index contributed by atoms with van der Waals surface area (Å²) in [5, 5.41) is 1.90. The SMILES string of the molecule is CCCCCc1nscc1N. The Bertz CT molecular complexity index is 208. The van der Waals surface area contributed by atoms with Crippen molar-refractivity contribution in [2.75, 3.05) is 5.73 Å². The zero-order valence-corrected chi connectivity index (χ0v) is 7.66. The van der Waals surface area contributed by atoms with E-state index >= 15 is 0 Å². The van der Waals surface area contributed by atoms with Crippen LogP contribution in [0.5, 0.6) is 0 Å². The average molecular weight is 170 g/mol. The van der Waals surface area contributed by atoms with E-state index in [1.807, 2.05) is 5.38 Å². The van der Waals surface area contributed by atoms with Crippen molar-refractivity contribution in [2.45, 2.75) is 32.6 Å². The molecule has 0 aromatic carbocycles. The number of nitrogens with two attached hydrogens (primary N) is 1. The highest BCUT2D eigenvalue weighted by molar-refractivity contribution is 7.04. The van der Waals surface area contributed by atoms with E-state index in [2.05, 4.69) is 11.3 Å². The fraction of sp³-hybridized carbons (Fsp3) is 0.625. The van der Waals surface area contributed by atoms with Gasteiger partial charge >= 0.3 is 0 Å². The number of anilines is 1. The monoisotopic (exact) mass is 170 g/mol. The fourth-order valence-corrected chi connectivity index (χ4v) is 1.63. The molecule has 0 radical (unpaired) electrons. The van der Waals surface area contributed by atoms with E-state index in [1.165, 1.54) is 30.8 Å². The van der Waals surface area contributed by atoms with Gasteiger partial charge in [0.15, 0.2) is 0 Å². The highest BCUT2D eigenvalue weighted by atomic mass is 32.1. The van der Waals surface area contributed by atoms with Crippen LogP contribution in [0.15, 0.2) is 5.38 Å². The Morgan fingerprint density at radius 2 is 2.36 bits per heavy atom. The minimum absolute atomic E-state index is 0.867. The van der Waals surface area contributed by atoms with Crippen LogP contribution in [0, 0.1) is 0 Å². The number of nitrogen functional groups attached to an aromatic ring is 1. The molecule has 0 unspecified atom stereocenters. The third kappa shape index (κ3) is 2.50. The lowest BCUT2D eigenvalue weighted by Crippen LogP contribution is -1.91. The van der Waals surface area contributed by atoms with Crippen molar-refractivity contribution < 1.29 is 0 Å². The van der Waals surface area contributed by atoms with Crippen LogP contribution in [0.4, 0.5) is 5.69 Å². The maximum absolute atomic E-state index is 5.67. The van der Waals surface area contributed by atoms with Gasteiger partial charge < -0.3 is 5.73 Å². The summed E-state index contributed by atoms with van der Waals surface area (Å²) in [5.41, 5.74) is 7.62. The summed E-state index contributed by atoms with van der Waals surface area (Å²) >= 11 is 1.45. The van der Waals surface area contributed by atoms with Crippen molar-refractivity contribution >= 4 is 17.2 Å². The van der Waals surface area contributed by atoms with Gasteiger partial charge in [0, 0.05) is 5.38 Å². The normalized spacial score (nSPS) is 10.3. The Balaban J connectivity index is 2.32. The van der Waals surface area contributed by atoms with Crippen LogP contribution in [-0.2, 0) is 6.42 Å². The number of hydrogen-bond donors (Lipinski definition) is 1. The van der Waals surface area contributed by atoms with Crippen molar-refractivity contribution in [3.05, 3.63) is 11.1 Å². The van der Waals surface area contributed by atoms with E-state index in [9.17, 15) is 0 Å². The molecule has 1 rings (SSSR count). The van der Waals surface area contributed by atoms with Crippen LogP contribution in [-0.4, -0.2) is 4.37 Å². The number of hydrogen-bond acceptors (Lipinski definition) is 3. The molecule has 0 aliphatic carbocycles. The summed E-state index contributed by atoms with van der Waals surface area (Å²) in [6.07, 6.45) is 4.79. The second-order valence-electron chi connectivity index (χ2n) is 2.67. The Morgan fingerprint density at radius 3 is 2.91 bits per heavy atom. The summed E-state index contributed by atoms with van der Waals surface area (Å²) in [6, 6.07) is 0. The molecular formula is C8H14N2S. The molecule has 0 spiro atoms. The first-order chi connectivity index (χ1) is 5.34. The van der Waals surface area contributed by atoms with Crippen molar-refractivity contribution in [1.82, 2.24) is 4.37 Å². The standard InChI is InChI=1S/C8H14N2S/c1-2-3-4-5-8-7(9)6-11-10-8/h6H,2-5,9H2,1H3. The van der Waals surface area contributed by atoms with Crippen LogP contribution in [0.2, 0.25) is 0 Å². The molecule has 0 aliphatic heterocycles. The molecule has 0 aliphatic rings. The Hall–Kier alpha value is -0.570. The predicted molar refractivity (Wildman–Crippen MR) is 49.8 cm³/mol. The van der Waals surface area contributed by atoms with Crippen LogP contribution in [0.1, 0.15) is 31.9 Å². The molecule has 0 atom stereocenters. The van der Waals surface area contributed by atoms with E-state index in [0.717, 1.165) is 17.8 Å². The van der Waals surface area contributed by atoms with Crippen molar-refractivity contribution in [3.63, 3.8) is 0 Å². The minimum Gasteiger partial charge on any atom is -0.397 e. The second kappa shape index (κ2) is 4.34. The zero-order chi connectivity index (χ0) is 8.10. The Morgan fingerprint density at radius 1 is 1.55 bits per heavy atom. The van der Waals surface area contributed by atoms with Crippen molar-refractivity contribution in [2.24, 2.45) is 0 Å². The van der Waals surface area contributed by atoms with E-state index in [0.29, 0.717) is 0 Å². The third-order valence-corrected chi connectivity index (χ3v) is 2.38. The highest BCUT2D eigenvalue weighted by Crippen LogP contribution is 2.15. The highest BCUT2D eigenvalue weighted by Gasteiger charge is 2.00. The van der Waals surface area contributed by atoms with Crippen LogP contribution in [0.3, 0.4) is 0 Å². The summed E-state index contributed by atoms with van der Waals surface area (Å²) < 4.78 is 4.20. The fourth-order valence-electron chi connectivity index (χ4n) is 1.000. The van der Waals surface area contributed by atoms with Crippen LogP contribution in [0.25, 0.3) is 0 Å². The number of aryl methyl sites for hydroxylation is 1. The zero-order valence-electron chi connectivity index (χ0n) is 6.84. The van der Waals surface area contributed by atoms with E-state index in [1.54, 1.807) is 0 Å². The van der Waals surface area contributed by atoms with E-state index in [4.69, 9.17) is 5.73 Å². The van der Waals surface area contributed by atoms with Gasteiger partial charge in [0.25, 0.3) is 0 Å². The predicted octanol–water partition coefficient (Wildman–Crippen LogP) is 2.46. The number of nitrogens with zero attached hydrogens (tertiary/aromatic N) is 1. The van der Waals surface area contributed by atoms with E-state index < -0.39 is 0 Å². The molecule has 0 saturated heterocycles. The number of aromatic nitrogens is 1. The summed E-state index contributed by atoms with van der Waals surface area (Å²) in [7, 11) is 0. The molecule has 3 heteroatoms. The molecule has 2 N–H and O–H groups in total. The molecule has 1 aromatic heterocycles. The number of rotatable bonds is 4. The van der Waals surface area contributed by atoms with Gasteiger partial charge in [-0.25, -0.2) is 0 Å². The summed E-state index contributed by atoms with van der Waals surface area (Å²) in [6.45, 7) is 2.20. The third-order valence-electron chi connectivity index (χ3n) is 1.69. The van der Waals surface area contributed by atoms with Gasteiger partial charge in [0.1, 0.15) is 0 Å². The number of unbranched alkanes of at least 4 members (excludes halogenated alkanes) is 2. The van der Waals surface area contributed by atoms with Crippen LogP contribution < -0.4 is 5.73 Å². The first kappa shape index (κ1) is 8.53. The minimum atomic E-state index is 0.867. The largest absolute Gasteiger partial charge is 0.397 e. The van der Waals surface area contributed by atoms with Crippen molar-refractivity contribution in [3.8, 4) is 0 Å². The summed E-state index contributed by atoms with van der Waals surface area (Å²) in [5.74, 6) is 0. The van der Waals surface area contributed by atoms with Gasteiger partial charge in [-0.1, -0.05) is 19.8 Å². The first-order valence-electron chi connectivity index (χ1n) is 4.03. The average Bonchev–Trinajstić information content (AvgIpc) is 2.37. The maximum atomic E-state index is 5.67. The lowest BCUT2D eigenvalue weighted by molar-refractivity contribution is 0.712. The van der Waals surface area contributed by atoms with Gasteiger partial charge in [-0.3, -0.25) is 0 Å².